The Balaban J connectivity index is 2.55. The number of rotatable bonds is 2. The van der Waals surface area contributed by atoms with Crippen molar-refractivity contribution in [2.75, 3.05) is 11.5 Å². The summed E-state index contributed by atoms with van der Waals surface area (Å²) >= 11 is 0. The van der Waals surface area contributed by atoms with E-state index in [0.29, 0.717) is 17.7 Å². The molecule has 0 aromatic heterocycles. The van der Waals surface area contributed by atoms with Crippen LogP contribution in [0.2, 0.25) is 0 Å². The number of esters is 1. The van der Waals surface area contributed by atoms with Crippen molar-refractivity contribution in [1.82, 2.24) is 5.32 Å². The van der Waals surface area contributed by atoms with Gasteiger partial charge in [-0.15, -0.1) is 0 Å². The third-order valence-electron chi connectivity index (χ3n) is 6.61. The van der Waals surface area contributed by atoms with Gasteiger partial charge < -0.3 is 10.1 Å². The second kappa shape index (κ2) is 14.8. The standard InChI is InChI=1S/C27H39NO6S2/c1-6-18-11-25(31)23-15-36-35-10-8-7-9-20(34-27(33)22(17(4)5)14-24(18)30)12-19(29)13-21(16(2)3)26(32)28-23/h6-7,9,16-17,20-23H,8,10-15H2,1-5H3,(H,28,32)/b9-7+,18-6+/t20-,21+,22-,23+/m0/s1. The fourth-order valence-electron chi connectivity index (χ4n) is 4.20. The summed E-state index contributed by atoms with van der Waals surface area (Å²) in [4.78, 5) is 65.9. The molecule has 2 aliphatic heterocycles. The van der Waals surface area contributed by atoms with E-state index in [4.69, 9.17) is 4.74 Å². The zero-order valence-electron chi connectivity index (χ0n) is 21.9. The Bertz CT molecular complexity index is 895. The number of amides is 1. The summed E-state index contributed by atoms with van der Waals surface area (Å²) in [5.41, 5.74) is 0.332. The average molecular weight is 538 g/mol. The Kier molecular flexibility index (Phi) is 12.4. The number of hydrogen-bond acceptors (Lipinski definition) is 8. The molecule has 0 radical (unpaired) electrons. The van der Waals surface area contributed by atoms with E-state index in [-0.39, 0.29) is 60.8 Å². The lowest BCUT2D eigenvalue weighted by Crippen LogP contribution is -2.47. The first-order valence-corrected chi connectivity index (χ1v) is 15.2. The number of carbonyl (C=O) groups is 5. The summed E-state index contributed by atoms with van der Waals surface area (Å²) in [6, 6.07) is -0.777. The molecule has 0 aliphatic carbocycles. The summed E-state index contributed by atoms with van der Waals surface area (Å²) in [7, 11) is 3.08. The van der Waals surface area contributed by atoms with E-state index in [9.17, 15) is 24.0 Å². The van der Waals surface area contributed by atoms with Gasteiger partial charge in [0, 0.05) is 43.1 Å². The van der Waals surface area contributed by atoms with E-state index in [2.05, 4.69) is 5.32 Å². The number of allylic oxidation sites excluding steroid dienone is 3. The highest BCUT2D eigenvalue weighted by molar-refractivity contribution is 8.76. The molecule has 1 saturated heterocycles. The molecule has 36 heavy (non-hydrogen) atoms. The third-order valence-corrected chi connectivity index (χ3v) is 9.06. The highest BCUT2D eigenvalue weighted by atomic mass is 33.1. The largest absolute Gasteiger partial charge is 0.457 e. The summed E-state index contributed by atoms with van der Waals surface area (Å²) in [5, 5.41) is 2.88. The summed E-state index contributed by atoms with van der Waals surface area (Å²) in [6.07, 6.45) is 4.95. The Hall–Kier alpha value is -1.87. The molecule has 2 heterocycles. The zero-order valence-corrected chi connectivity index (χ0v) is 23.5. The third kappa shape index (κ3) is 9.21. The smallest absolute Gasteiger partial charge is 0.310 e. The fraction of sp³-hybridized carbons (Fsp3) is 0.667. The maximum absolute atomic E-state index is 13.3. The molecule has 0 aromatic carbocycles. The van der Waals surface area contributed by atoms with E-state index in [0.717, 1.165) is 5.75 Å². The van der Waals surface area contributed by atoms with Crippen molar-refractivity contribution < 1.29 is 28.7 Å². The van der Waals surface area contributed by atoms with E-state index in [1.807, 2.05) is 33.8 Å². The van der Waals surface area contributed by atoms with Gasteiger partial charge in [-0.3, -0.25) is 24.0 Å². The SMILES string of the molecule is C/C=C1\CC(=O)[C@H]2CSSCC/C=C/[C@@H](CC(=O)C[C@H](C(C)C)C(=O)N2)OC(=O)[C@H](C(C)C)CC1=O. The molecule has 2 rings (SSSR count). The van der Waals surface area contributed by atoms with Crippen LogP contribution in [0.15, 0.2) is 23.8 Å². The van der Waals surface area contributed by atoms with Crippen LogP contribution in [0.25, 0.3) is 0 Å². The Morgan fingerprint density at radius 3 is 2.31 bits per heavy atom. The Morgan fingerprint density at radius 2 is 1.67 bits per heavy atom. The monoisotopic (exact) mass is 537 g/mol. The molecule has 9 heteroatoms. The Labute approximate surface area is 222 Å². The second-order valence-electron chi connectivity index (χ2n) is 10.1. The summed E-state index contributed by atoms with van der Waals surface area (Å²) < 4.78 is 5.77. The van der Waals surface area contributed by atoms with Crippen molar-refractivity contribution in [1.29, 1.82) is 0 Å². The maximum Gasteiger partial charge on any atom is 0.310 e. The van der Waals surface area contributed by atoms with Crippen LogP contribution >= 0.6 is 21.6 Å². The number of ketones is 3. The Morgan fingerprint density at radius 1 is 0.972 bits per heavy atom. The molecule has 1 N–H and O–H groups in total. The number of fused-ring (bicyclic) bond motifs is 7. The summed E-state index contributed by atoms with van der Waals surface area (Å²) in [6.45, 7) is 9.14. The van der Waals surface area contributed by atoms with Gasteiger partial charge in [-0.1, -0.05) is 61.4 Å². The van der Waals surface area contributed by atoms with Gasteiger partial charge in [-0.25, -0.2) is 0 Å². The quantitative estimate of drug-likeness (QED) is 0.238. The van der Waals surface area contributed by atoms with Crippen molar-refractivity contribution in [3.63, 3.8) is 0 Å². The van der Waals surface area contributed by atoms with Gasteiger partial charge in [-0.2, -0.15) is 0 Å². The van der Waals surface area contributed by atoms with Gasteiger partial charge in [0.05, 0.1) is 12.0 Å². The van der Waals surface area contributed by atoms with Crippen LogP contribution in [0.4, 0.5) is 0 Å². The fourth-order valence-corrected chi connectivity index (χ4v) is 6.39. The second-order valence-corrected chi connectivity index (χ2v) is 12.7. The van der Waals surface area contributed by atoms with Crippen LogP contribution in [0.5, 0.6) is 0 Å². The lowest BCUT2D eigenvalue weighted by Gasteiger charge is -2.26. The van der Waals surface area contributed by atoms with Gasteiger partial charge in [0.1, 0.15) is 11.9 Å². The molecule has 1 fully saturated rings. The van der Waals surface area contributed by atoms with Crippen molar-refractivity contribution in [3.8, 4) is 0 Å². The number of Topliss-reactive ketones (excluding diaryl/α,β-unsaturated/α-hetero) is 3. The van der Waals surface area contributed by atoms with Crippen LogP contribution in [-0.2, 0) is 28.7 Å². The van der Waals surface area contributed by atoms with Gasteiger partial charge in [-0.05, 0) is 36.8 Å². The molecule has 2 bridgehead atoms. The van der Waals surface area contributed by atoms with Crippen LogP contribution in [-0.4, -0.2) is 52.9 Å². The molecule has 0 aromatic rings. The van der Waals surface area contributed by atoms with Crippen LogP contribution < -0.4 is 5.32 Å². The van der Waals surface area contributed by atoms with Gasteiger partial charge in [0.25, 0.3) is 0 Å². The first-order valence-electron chi connectivity index (χ1n) is 12.7. The molecule has 200 valence electrons. The molecule has 0 unspecified atom stereocenters. The van der Waals surface area contributed by atoms with E-state index < -0.39 is 30.0 Å². The van der Waals surface area contributed by atoms with E-state index in [1.165, 1.54) is 10.8 Å². The molecule has 0 spiro atoms. The predicted octanol–water partition coefficient (Wildman–Crippen LogP) is 4.50. The van der Waals surface area contributed by atoms with Crippen LogP contribution in [0.3, 0.4) is 0 Å². The molecular weight excluding hydrogens is 498 g/mol. The topological polar surface area (TPSA) is 107 Å². The van der Waals surface area contributed by atoms with Crippen molar-refractivity contribution in [2.45, 2.75) is 78.9 Å². The van der Waals surface area contributed by atoms with E-state index >= 15 is 0 Å². The molecule has 2 aliphatic rings. The first-order chi connectivity index (χ1) is 17.0. The number of ether oxygens (including phenoxy) is 1. The number of nitrogens with one attached hydrogen (secondary N) is 1. The van der Waals surface area contributed by atoms with E-state index in [1.54, 1.807) is 29.9 Å². The van der Waals surface area contributed by atoms with Crippen molar-refractivity contribution >= 4 is 50.8 Å². The molecule has 4 atom stereocenters. The van der Waals surface area contributed by atoms with Gasteiger partial charge in [0.15, 0.2) is 11.6 Å². The van der Waals surface area contributed by atoms with Gasteiger partial charge >= 0.3 is 5.97 Å². The van der Waals surface area contributed by atoms with Gasteiger partial charge in [0.2, 0.25) is 5.91 Å². The van der Waals surface area contributed by atoms with Crippen molar-refractivity contribution in [3.05, 3.63) is 23.8 Å². The highest BCUT2D eigenvalue weighted by Gasteiger charge is 2.34. The highest BCUT2D eigenvalue weighted by Crippen LogP contribution is 2.27. The lowest BCUT2D eigenvalue weighted by atomic mass is 9.86. The average Bonchev–Trinajstić information content (AvgIpc) is 2.81. The normalized spacial score (nSPS) is 30.3. The molecular formula is C27H39NO6S2. The molecule has 1 amide bonds. The minimum absolute atomic E-state index is 0.000398. The molecule has 7 nitrogen and oxygen atoms in total. The number of hydrogen-bond donors (Lipinski definition) is 1. The van der Waals surface area contributed by atoms with Crippen molar-refractivity contribution in [2.24, 2.45) is 23.7 Å². The predicted molar refractivity (Wildman–Crippen MR) is 144 cm³/mol. The zero-order chi connectivity index (χ0) is 26.8. The number of carbonyl (C=O) groups excluding carboxylic acids is 5. The maximum atomic E-state index is 13.3. The minimum atomic E-state index is -0.777. The lowest BCUT2D eigenvalue weighted by molar-refractivity contribution is -0.155. The van der Waals surface area contributed by atoms with Crippen LogP contribution in [0, 0.1) is 23.7 Å². The first kappa shape index (κ1) is 30.4. The molecule has 0 saturated carbocycles. The minimum Gasteiger partial charge on any atom is -0.457 e. The summed E-state index contributed by atoms with van der Waals surface area (Å²) in [5.74, 6) is -2.08. The van der Waals surface area contributed by atoms with Crippen LogP contribution in [0.1, 0.15) is 66.7 Å².